The molecule has 0 heterocycles. The first kappa shape index (κ1) is 20.7. The molecule has 1 N–H and O–H groups in total. The van der Waals surface area contributed by atoms with E-state index in [0.29, 0.717) is 6.42 Å². The van der Waals surface area contributed by atoms with E-state index in [9.17, 15) is 4.79 Å². The molecule has 0 aliphatic carbocycles. The number of hydrogen-bond donors (Lipinski definition) is 1. The summed E-state index contributed by atoms with van der Waals surface area (Å²) in [6, 6.07) is 0. The molecule has 0 atom stereocenters. The first-order valence-corrected chi connectivity index (χ1v) is 7.95. The van der Waals surface area contributed by atoms with E-state index in [-0.39, 0.29) is 0 Å². The summed E-state index contributed by atoms with van der Waals surface area (Å²) in [7, 11) is 0. The Hall–Kier alpha value is 0.340. The van der Waals surface area contributed by atoms with Crippen molar-refractivity contribution < 1.29 is 9.90 Å². The van der Waals surface area contributed by atoms with Crippen LogP contribution in [0.5, 0.6) is 0 Å². The van der Waals surface area contributed by atoms with E-state index < -0.39 is 10.3 Å². The lowest BCUT2D eigenvalue weighted by Crippen LogP contribution is -1.93. The van der Waals surface area contributed by atoms with Crippen molar-refractivity contribution in [1.82, 2.24) is 0 Å². The van der Waals surface area contributed by atoms with Crippen molar-refractivity contribution in [1.29, 1.82) is 0 Å². The van der Waals surface area contributed by atoms with Gasteiger partial charge in [0.05, 0.1) is 0 Å². The Morgan fingerprint density at radius 1 is 0.889 bits per heavy atom. The van der Waals surface area contributed by atoms with Gasteiger partial charge in [-0.05, 0) is 6.42 Å². The van der Waals surface area contributed by atoms with E-state index in [0.717, 1.165) is 12.8 Å². The van der Waals surface area contributed by atoms with Crippen LogP contribution in [-0.4, -0.2) is 15.4 Å². The van der Waals surface area contributed by atoms with Crippen LogP contribution >= 0.6 is 34.8 Å². The smallest absolute Gasteiger partial charge is 0.303 e. The lowest BCUT2D eigenvalue weighted by atomic mass is 10.1. The first-order valence-electron chi connectivity index (χ1n) is 6.64. The van der Waals surface area contributed by atoms with Crippen molar-refractivity contribution in [2.75, 3.05) is 0 Å². The Kier molecular flexibility index (Phi) is 19.9. The Balaban J connectivity index is 0. The minimum Gasteiger partial charge on any atom is -0.481 e. The highest BCUT2D eigenvalue weighted by Gasteiger charge is 1.96. The number of halogens is 3. The molecule has 110 valence electrons. The minimum absolute atomic E-state index is 0.343. The Morgan fingerprint density at radius 3 is 1.56 bits per heavy atom. The summed E-state index contributed by atoms with van der Waals surface area (Å²) < 4.78 is -0.750. The molecule has 18 heavy (non-hydrogen) atoms. The molecule has 0 fully saturated rings. The predicted octanol–water partition coefficient (Wildman–Crippen LogP) is 5.98. The zero-order valence-electron chi connectivity index (χ0n) is 11.1. The highest BCUT2D eigenvalue weighted by Crippen LogP contribution is 2.10. The van der Waals surface area contributed by atoms with Gasteiger partial charge in [0.15, 0.2) is 4.30 Å². The van der Waals surface area contributed by atoms with Crippen LogP contribution < -0.4 is 0 Å². The number of rotatable bonds is 10. The summed E-state index contributed by atoms with van der Waals surface area (Å²) in [4.78, 5) is 10.2. The molecule has 0 bridgehead atoms. The van der Waals surface area contributed by atoms with Crippen molar-refractivity contribution in [3.8, 4) is 0 Å². The number of alkyl halides is 3. The molecular formula is C13H25Cl3O2. The maximum absolute atomic E-state index is 10.2. The Morgan fingerprint density at radius 2 is 1.22 bits per heavy atom. The predicted molar refractivity (Wildman–Crippen MR) is 80.8 cm³/mol. The monoisotopic (exact) mass is 318 g/mol. The van der Waals surface area contributed by atoms with Crippen LogP contribution in [0.15, 0.2) is 0 Å². The number of carboxylic acid groups (broad SMARTS) is 1. The standard InChI is InChI=1S/C12H24O2.CHCl3/c1-2-3-4-5-6-7-8-9-10-11-12(13)14;2-1(3)4/h2-11H2,1H3,(H,13,14);1H. The average Bonchev–Trinajstić information content (AvgIpc) is 2.26. The number of hydrogen-bond acceptors (Lipinski definition) is 1. The molecule has 0 rings (SSSR count). The molecule has 0 aliphatic rings. The van der Waals surface area contributed by atoms with E-state index in [2.05, 4.69) is 6.92 Å². The van der Waals surface area contributed by atoms with Crippen LogP contribution in [-0.2, 0) is 4.79 Å². The van der Waals surface area contributed by atoms with Gasteiger partial charge in [-0.2, -0.15) is 0 Å². The maximum atomic E-state index is 10.2. The van der Waals surface area contributed by atoms with Crippen LogP contribution in [0.3, 0.4) is 0 Å². The molecule has 0 aromatic rings. The van der Waals surface area contributed by atoms with Gasteiger partial charge < -0.3 is 5.11 Å². The zero-order valence-corrected chi connectivity index (χ0v) is 13.4. The largest absolute Gasteiger partial charge is 0.481 e. The molecule has 0 radical (unpaired) electrons. The molecule has 0 aromatic heterocycles. The minimum atomic E-state index is -0.750. The second kappa shape index (κ2) is 17.3. The van der Waals surface area contributed by atoms with E-state index in [4.69, 9.17) is 39.9 Å². The maximum Gasteiger partial charge on any atom is 0.303 e. The lowest BCUT2D eigenvalue weighted by Gasteiger charge is -2.00. The fourth-order valence-electron chi connectivity index (χ4n) is 1.59. The van der Waals surface area contributed by atoms with E-state index >= 15 is 0 Å². The van der Waals surface area contributed by atoms with E-state index in [1.165, 1.54) is 44.9 Å². The Labute approximate surface area is 126 Å². The fraction of sp³-hybridized carbons (Fsp3) is 0.923. The zero-order chi connectivity index (χ0) is 14.2. The van der Waals surface area contributed by atoms with Crippen LogP contribution in [0.1, 0.15) is 71.1 Å². The van der Waals surface area contributed by atoms with Crippen LogP contribution in [0.2, 0.25) is 0 Å². The second-order valence-corrected chi connectivity index (χ2v) is 6.20. The molecule has 0 saturated carbocycles. The third kappa shape index (κ3) is 29.9. The van der Waals surface area contributed by atoms with Crippen LogP contribution in [0.4, 0.5) is 0 Å². The van der Waals surface area contributed by atoms with Crippen molar-refractivity contribution in [3.63, 3.8) is 0 Å². The van der Waals surface area contributed by atoms with Gasteiger partial charge in [-0.1, -0.05) is 93.1 Å². The van der Waals surface area contributed by atoms with Crippen molar-refractivity contribution >= 4 is 40.8 Å². The van der Waals surface area contributed by atoms with Crippen LogP contribution in [0.25, 0.3) is 0 Å². The average molecular weight is 320 g/mol. The highest BCUT2D eigenvalue weighted by atomic mass is 35.6. The number of aliphatic carboxylic acids is 1. The third-order valence-electron chi connectivity index (χ3n) is 2.49. The molecule has 0 saturated heterocycles. The molecule has 2 nitrogen and oxygen atoms in total. The van der Waals surface area contributed by atoms with Gasteiger partial charge >= 0.3 is 5.97 Å². The molecule has 0 amide bonds. The highest BCUT2D eigenvalue weighted by molar-refractivity contribution is 6.63. The molecule has 0 spiro atoms. The summed E-state index contributed by atoms with van der Waals surface area (Å²) in [6.45, 7) is 2.23. The molecular weight excluding hydrogens is 294 g/mol. The van der Waals surface area contributed by atoms with Gasteiger partial charge in [-0.15, -0.1) is 0 Å². The van der Waals surface area contributed by atoms with Gasteiger partial charge in [0.25, 0.3) is 0 Å². The van der Waals surface area contributed by atoms with Gasteiger partial charge in [0, 0.05) is 6.42 Å². The number of unbranched alkanes of at least 4 members (excludes halogenated alkanes) is 8. The fourth-order valence-corrected chi connectivity index (χ4v) is 1.59. The molecule has 0 aliphatic heterocycles. The second-order valence-electron chi connectivity index (χ2n) is 4.22. The van der Waals surface area contributed by atoms with Crippen molar-refractivity contribution in [2.45, 2.75) is 75.4 Å². The molecule has 0 aromatic carbocycles. The summed E-state index contributed by atoms with van der Waals surface area (Å²) in [5.74, 6) is -0.659. The summed E-state index contributed by atoms with van der Waals surface area (Å²) in [5.41, 5.74) is 0. The SMILES string of the molecule is CCCCCCCCCCCC(=O)O.ClC(Cl)Cl. The van der Waals surface area contributed by atoms with Crippen molar-refractivity contribution in [3.05, 3.63) is 0 Å². The lowest BCUT2D eigenvalue weighted by molar-refractivity contribution is -0.137. The van der Waals surface area contributed by atoms with Gasteiger partial charge in [0.1, 0.15) is 0 Å². The topological polar surface area (TPSA) is 37.3 Å². The van der Waals surface area contributed by atoms with E-state index in [1.54, 1.807) is 0 Å². The summed E-state index contributed by atoms with van der Waals surface area (Å²) in [6.07, 6.45) is 11.5. The van der Waals surface area contributed by atoms with E-state index in [1.807, 2.05) is 0 Å². The van der Waals surface area contributed by atoms with Gasteiger partial charge in [-0.25, -0.2) is 0 Å². The van der Waals surface area contributed by atoms with Crippen LogP contribution in [0, 0.1) is 0 Å². The van der Waals surface area contributed by atoms with Crippen molar-refractivity contribution in [2.24, 2.45) is 0 Å². The normalized spacial score (nSPS) is 10.1. The van der Waals surface area contributed by atoms with Gasteiger partial charge in [-0.3, -0.25) is 4.79 Å². The first-order chi connectivity index (χ1) is 8.50. The number of carboxylic acids is 1. The number of carbonyl (C=O) groups is 1. The third-order valence-corrected chi connectivity index (χ3v) is 2.49. The molecule has 0 unspecified atom stereocenters. The summed E-state index contributed by atoms with van der Waals surface area (Å²) in [5, 5.41) is 8.41. The molecule has 5 heteroatoms. The quantitative estimate of drug-likeness (QED) is 0.397. The van der Waals surface area contributed by atoms with Gasteiger partial charge in [0.2, 0.25) is 0 Å². The summed E-state index contributed by atoms with van der Waals surface area (Å²) >= 11 is 14.4. The Bertz CT molecular complexity index is 173.